The molecular formula is H12O8S. The highest BCUT2D eigenvalue weighted by Crippen LogP contribution is 1.44. The molecule has 0 aromatic rings. The standard InChI is InChI=1S/H2O3S.5H2O/c1-4(2)3;;;;;/h(H2,1,2,3);5*1H2. The Bertz CT molecular complexity index is 27.5. The maximum Gasteiger partial charge on any atom is 0.299 e. The van der Waals surface area contributed by atoms with Gasteiger partial charge in [-0.3, -0.25) is 9.11 Å². The van der Waals surface area contributed by atoms with Crippen LogP contribution in [0, 0.1) is 0 Å². The van der Waals surface area contributed by atoms with Crippen LogP contribution in [0.2, 0.25) is 0 Å². The molecule has 0 aromatic heterocycles. The molecule has 9 heavy (non-hydrogen) atoms. The van der Waals surface area contributed by atoms with Gasteiger partial charge in [-0.05, 0) is 0 Å². The van der Waals surface area contributed by atoms with Gasteiger partial charge >= 0.3 is 0 Å². The monoisotopic (exact) mass is 172 g/mol. The predicted octanol–water partition coefficient (Wildman–Crippen LogP) is -4.44. The Morgan fingerprint density at radius 3 is 0.778 bits per heavy atom. The van der Waals surface area contributed by atoms with E-state index in [2.05, 4.69) is 0 Å². The Balaban J connectivity index is -0.00000000450. The van der Waals surface area contributed by atoms with Gasteiger partial charge in [0.05, 0.1) is 0 Å². The summed E-state index contributed by atoms with van der Waals surface area (Å²) in [5, 5.41) is 0. The van der Waals surface area contributed by atoms with Gasteiger partial charge in [0.15, 0.2) is 0 Å². The fourth-order valence-corrected chi connectivity index (χ4v) is 0. The summed E-state index contributed by atoms with van der Waals surface area (Å²) in [5.74, 6) is 0. The van der Waals surface area contributed by atoms with Crippen molar-refractivity contribution in [2.75, 3.05) is 0 Å². The second kappa shape index (κ2) is 45.1. The molecule has 0 saturated carbocycles. The van der Waals surface area contributed by atoms with E-state index in [1.807, 2.05) is 0 Å². The van der Waals surface area contributed by atoms with Crippen LogP contribution >= 0.6 is 0 Å². The molecule has 0 rings (SSSR count). The Morgan fingerprint density at radius 1 is 0.778 bits per heavy atom. The van der Waals surface area contributed by atoms with Gasteiger partial charge in [-0.2, -0.15) is 4.21 Å². The highest BCUT2D eigenvalue weighted by molar-refractivity contribution is 7.73. The van der Waals surface area contributed by atoms with Crippen molar-refractivity contribution in [1.29, 1.82) is 0 Å². The molecule has 9 heteroatoms. The molecule has 0 aliphatic rings. The van der Waals surface area contributed by atoms with Crippen LogP contribution in [-0.4, -0.2) is 40.7 Å². The average Bonchev–Trinajstić information content (AvgIpc) is 0.811. The Morgan fingerprint density at radius 2 is 0.778 bits per heavy atom. The summed E-state index contributed by atoms with van der Waals surface area (Å²) < 4.78 is 22.8. The van der Waals surface area contributed by atoms with E-state index in [0.29, 0.717) is 0 Å². The highest BCUT2D eigenvalue weighted by Gasteiger charge is 1.62. The van der Waals surface area contributed by atoms with Gasteiger partial charge < -0.3 is 27.4 Å². The molecule has 0 atom stereocenters. The third kappa shape index (κ3) is 16000. The zero-order valence-electron chi connectivity index (χ0n) is 4.21. The first-order chi connectivity index (χ1) is 1.73. The van der Waals surface area contributed by atoms with E-state index in [9.17, 15) is 0 Å². The topological polar surface area (TPSA) is 215 Å². The first-order valence-electron chi connectivity index (χ1n) is 0.532. The maximum atomic E-state index is 8.67. The van der Waals surface area contributed by atoms with Crippen molar-refractivity contribution >= 4 is 11.4 Å². The first-order valence-corrected chi connectivity index (χ1v) is 1.60. The quantitative estimate of drug-likeness (QED) is 0.346. The second-order valence-corrected chi connectivity index (χ2v) is 0.692. The van der Waals surface area contributed by atoms with Crippen molar-refractivity contribution in [1.82, 2.24) is 0 Å². The summed E-state index contributed by atoms with van der Waals surface area (Å²) in [4.78, 5) is 0. The molecule has 0 aromatic carbocycles. The van der Waals surface area contributed by atoms with E-state index in [4.69, 9.17) is 13.3 Å². The van der Waals surface area contributed by atoms with Gasteiger partial charge in [0, 0.05) is 0 Å². The van der Waals surface area contributed by atoms with Crippen molar-refractivity contribution in [2.24, 2.45) is 0 Å². The number of hydrogen-bond acceptors (Lipinski definition) is 1. The van der Waals surface area contributed by atoms with Crippen LogP contribution in [0.1, 0.15) is 0 Å². The average molecular weight is 172 g/mol. The molecule has 66 valence electrons. The summed E-state index contributed by atoms with van der Waals surface area (Å²) in [5.41, 5.74) is 0. The van der Waals surface area contributed by atoms with Gasteiger partial charge in [0.2, 0.25) is 0 Å². The van der Waals surface area contributed by atoms with Gasteiger partial charge in [-0.1, -0.05) is 0 Å². The fourth-order valence-electron chi connectivity index (χ4n) is 0. The lowest BCUT2D eigenvalue weighted by atomic mass is 15.8. The second-order valence-electron chi connectivity index (χ2n) is 0.231. The lowest BCUT2D eigenvalue weighted by molar-refractivity contribution is 0.454. The van der Waals surface area contributed by atoms with Gasteiger partial charge in [-0.25, -0.2) is 0 Å². The summed E-state index contributed by atoms with van der Waals surface area (Å²) in [7, 11) is 0. The maximum absolute atomic E-state index is 8.67. The SMILES string of the molecule is O.O.O.O.O.O=S(O)O. The van der Waals surface area contributed by atoms with Crippen LogP contribution in [0.4, 0.5) is 0 Å². The van der Waals surface area contributed by atoms with Crippen LogP contribution in [0.5, 0.6) is 0 Å². The zero-order chi connectivity index (χ0) is 3.58. The van der Waals surface area contributed by atoms with Crippen LogP contribution in [0.15, 0.2) is 0 Å². The largest absolute Gasteiger partial charge is 0.412 e. The third-order valence-corrected chi connectivity index (χ3v) is 0. The lowest BCUT2D eigenvalue weighted by Crippen LogP contribution is -1.74. The summed E-state index contributed by atoms with van der Waals surface area (Å²) >= 11 is -2.61. The molecule has 0 aliphatic carbocycles. The van der Waals surface area contributed by atoms with E-state index in [1.165, 1.54) is 0 Å². The molecule has 12 N–H and O–H groups in total. The minimum atomic E-state index is -2.61. The molecule has 0 bridgehead atoms. The highest BCUT2D eigenvalue weighted by atomic mass is 32.2. The Kier molecular flexibility index (Phi) is 334. The van der Waals surface area contributed by atoms with Gasteiger partial charge in [-0.15, -0.1) is 0 Å². The summed E-state index contributed by atoms with van der Waals surface area (Å²) in [6.45, 7) is 0. The molecule has 8 nitrogen and oxygen atoms in total. The normalized spacial score (nSPS) is 3.89. The minimum absolute atomic E-state index is 0. The smallest absolute Gasteiger partial charge is 0.299 e. The number of rotatable bonds is 0. The van der Waals surface area contributed by atoms with Crippen LogP contribution in [-0.2, 0) is 11.4 Å². The van der Waals surface area contributed by atoms with E-state index >= 15 is 0 Å². The molecule has 0 unspecified atom stereocenters. The van der Waals surface area contributed by atoms with E-state index in [0.717, 1.165) is 0 Å². The van der Waals surface area contributed by atoms with Crippen LogP contribution in [0.25, 0.3) is 0 Å². The number of hydrogen-bond donors (Lipinski definition) is 2. The van der Waals surface area contributed by atoms with E-state index < -0.39 is 11.4 Å². The Labute approximate surface area is 53.2 Å². The molecular weight excluding hydrogens is 160 g/mol. The van der Waals surface area contributed by atoms with Crippen molar-refractivity contribution < 1.29 is 40.7 Å². The summed E-state index contributed by atoms with van der Waals surface area (Å²) in [6, 6.07) is 0. The summed E-state index contributed by atoms with van der Waals surface area (Å²) in [6.07, 6.45) is 0. The van der Waals surface area contributed by atoms with Gasteiger partial charge in [0.1, 0.15) is 0 Å². The molecule has 0 fully saturated rings. The lowest BCUT2D eigenvalue weighted by Gasteiger charge is -1.59. The Hall–Kier alpha value is -0.130. The van der Waals surface area contributed by atoms with E-state index in [1.54, 1.807) is 0 Å². The van der Waals surface area contributed by atoms with E-state index in [-0.39, 0.29) is 27.4 Å². The molecule has 0 heterocycles. The molecule has 0 spiro atoms. The van der Waals surface area contributed by atoms with Gasteiger partial charge in [0.25, 0.3) is 11.4 Å². The molecule has 0 amide bonds. The first kappa shape index (κ1) is 66.7. The van der Waals surface area contributed by atoms with Crippen molar-refractivity contribution in [3.63, 3.8) is 0 Å². The van der Waals surface area contributed by atoms with Crippen molar-refractivity contribution in [3.8, 4) is 0 Å². The zero-order valence-corrected chi connectivity index (χ0v) is 5.03. The third-order valence-electron chi connectivity index (χ3n) is 0. The van der Waals surface area contributed by atoms with Crippen molar-refractivity contribution in [2.45, 2.75) is 0 Å². The van der Waals surface area contributed by atoms with Crippen LogP contribution < -0.4 is 0 Å². The fraction of sp³-hybridized carbons (Fsp3) is 0. The van der Waals surface area contributed by atoms with Crippen LogP contribution in [0.3, 0.4) is 0 Å². The molecule has 0 aliphatic heterocycles. The van der Waals surface area contributed by atoms with Crippen molar-refractivity contribution in [3.05, 3.63) is 0 Å². The molecule has 0 saturated heterocycles. The predicted molar refractivity (Wildman–Crippen MR) is 31.5 cm³/mol. The minimum Gasteiger partial charge on any atom is -0.412 e. The molecule has 0 radical (unpaired) electrons.